The number of piperidine rings is 1. The predicted molar refractivity (Wildman–Crippen MR) is 56.3 cm³/mol. The van der Waals surface area contributed by atoms with Crippen LogP contribution in [0.1, 0.15) is 40.5 Å². The van der Waals surface area contributed by atoms with Crippen LogP contribution >= 0.6 is 0 Å². The summed E-state index contributed by atoms with van der Waals surface area (Å²) in [7, 11) is 0. The molecule has 2 heteroatoms. The molecule has 0 spiro atoms. The Hall–Kier alpha value is 1.06. The zero-order valence-corrected chi connectivity index (χ0v) is 12.4. The van der Waals surface area contributed by atoms with Crippen LogP contribution in [-0.4, -0.2) is 13.1 Å². The maximum absolute atomic E-state index is 4.38. The quantitative estimate of drug-likeness (QED) is 0.637. The molecule has 0 unspecified atom stereocenters. The molecule has 0 aromatic rings. The molecule has 0 N–H and O–H groups in total. The molecular formula is C11H23NY-2. The van der Waals surface area contributed by atoms with Gasteiger partial charge in [-0.2, -0.15) is 13.8 Å². The molecule has 1 heterocycles. The summed E-state index contributed by atoms with van der Waals surface area (Å²) in [4.78, 5) is 0. The van der Waals surface area contributed by atoms with E-state index in [4.69, 9.17) is 0 Å². The molecule has 0 bridgehead atoms. The average Bonchev–Trinajstić information content (AvgIpc) is 2.07. The second kappa shape index (κ2) is 11.1. The first kappa shape index (κ1) is 16.5. The van der Waals surface area contributed by atoms with Crippen molar-refractivity contribution in [2.75, 3.05) is 13.1 Å². The van der Waals surface area contributed by atoms with E-state index < -0.39 is 0 Å². The van der Waals surface area contributed by atoms with Crippen molar-refractivity contribution < 1.29 is 32.7 Å². The molecule has 77 valence electrons. The second-order valence-electron chi connectivity index (χ2n) is 3.85. The Morgan fingerprint density at radius 2 is 1.85 bits per heavy atom. The SMILES string of the molecule is CC(C)[C@H]1CCC[N-]C1.C[CH-]C.[Y]. The van der Waals surface area contributed by atoms with Gasteiger partial charge in [0.1, 0.15) is 0 Å². The first-order chi connectivity index (χ1) is 5.72. The number of rotatable bonds is 1. The molecule has 1 saturated heterocycles. The molecule has 1 atom stereocenters. The molecule has 1 aliphatic rings. The fourth-order valence-corrected chi connectivity index (χ4v) is 1.36. The van der Waals surface area contributed by atoms with Crippen molar-refractivity contribution in [2.45, 2.75) is 40.5 Å². The van der Waals surface area contributed by atoms with Crippen molar-refractivity contribution in [1.82, 2.24) is 0 Å². The van der Waals surface area contributed by atoms with Crippen LogP contribution in [0.5, 0.6) is 0 Å². The van der Waals surface area contributed by atoms with Crippen molar-refractivity contribution in [3.8, 4) is 0 Å². The minimum absolute atomic E-state index is 0. The van der Waals surface area contributed by atoms with E-state index in [0.29, 0.717) is 0 Å². The van der Waals surface area contributed by atoms with Crippen molar-refractivity contribution >= 4 is 0 Å². The zero-order valence-electron chi connectivity index (χ0n) is 9.59. The van der Waals surface area contributed by atoms with Crippen LogP contribution in [0.2, 0.25) is 0 Å². The summed E-state index contributed by atoms with van der Waals surface area (Å²) in [6.07, 6.45) is 4.73. The van der Waals surface area contributed by atoms with E-state index in [-0.39, 0.29) is 32.7 Å². The van der Waals surface area contributed by atoms with Crippen LogP contribution in [0.3, 0.4) is 0 Å². The smallest absolute Gasteiger partial charge is 0 e. The summed E-state index contributed by atoms with van der Waals surface area (Å²) in [5.74, 6) is 1.73. The Bertz CT molecular complexity index is 88.1. The van der Waals surface area contributed by atoms with Gasteiger partial charge in [-0.3, -0.25) is 0 Å². The largest absolute Gasteiger partial charge is 0.662 e. The minimum Gasteiger partial charge on any atom is -0.662 e. The first-order valence-electron chi connectivity index (χ1n) is 5.09. The normalized spacial score (nSPS) is 21.5. The van der Waals surface area contributed by atoms with Crippen LogP contribution in [0, 0.1) is 18.3 Å². The maximum atomic E-state index is 4.38. The summed E-state index contributed by atoms with van der Waals surface area (Å²) >= 11 is 0. The number of hydrogen-bond acceptors (Lipinski definition) is 0. The molecule has 0 aromatic carbocycles. The van der Waals surface area contributed by atoms with Gasteiger partial charge in [0.05, 0.1) is 0 Å². The van der Waals surface area contributed by atoms with Gasteiger partial charge in [0.2, 0.25) is 0 Å². The molecule has 1 radical (unpaired) electrons. The van der Waals surface area contributed by atoms with Crippen molar-refractivity contribution in [3.05, 3.63) is 11.7 Å². The predicted octanol–water partition coefficient (Wildman–Crippen LogP) is 3.65. The van der Waals surface area contributed by atoms with E-state index in [9.17, 15) is 0 Å². The van der Waals surface area contributed by atoms with E-state index in [0.717, 1.165) is 24.9 Å². The van der Waals surface area contributed by atoms with Gasteiger partial charge in [0.25, 0.3) is 0 Å². The molecule has 0 amide bonds. The molecule has 1 nitrogen and oxygen atoms in total. The first-order valence-corrected chi connectivity index (χ1v) is 5.09. The van der Waals surface area contributed by atoms with Crippen molar-refractivity contribution in [2.24, 2.45) is 11.8 Å². The van der Waals surface area contributed by atoms with Gasteiger partial charge in [0.15, 0.2) is 0 Å². The van der Waals surface area contributed by atoms with Crippen molar-refractivity contribution in [3.63, 3.8) is 0 Å². The van der Waals surface area contributed by atoms with E-state index >= 15 is 0 Å². The summed E-state index contributed by atoms with van der Waals surface area (Å²) in [5, 5.41) is 4.38. The van der Waals surface area contributed by atoms with Gasteiger partial charge >= 0.3 is 0 Å². The fraction of sp³-hybridized carbons (Fsp3) is 0.909. The Labute approximate surface area is 109 Å². The van der Waals surface area contributed by atoms with Gasteiger partial charge in [-0.15, -0.1) is 13.1 Å². The summed E-state index contributed by atoms with van der Waals surface area (Å²) in [5.41, 5.74) is 0. The van der Waals surface area contributed by atoms with Crippen LogP contribution in [0.4, 0.5) is 0 Å². The minimum atomic E-state index is 0. The Morgan fingerprint density at radius 1 is 1.31 bits per heavy atom. The van der Waals surface area contributed by atoms with Crippen LogP contribution < -0.4 is 0 Å². The standard InChI is InChI=1S/C8H16N.C3H7.Y/c1-7(2)8-4-3-5-9-6-8;1-3-2;/h7-8H,3-6H2,1-2H3;3H,1-2H3;/q2*-1;/t8-;;/m0../s1. The Kier molecular flexibility index (Phi) is 14.1. The molecular weight excluding hydrogens is 235 g/mol. The molecule has 0 aromatic heterocycles. The average molecular weight is 258 g/mol. The third kappa shape index (κ3) is 9.37. The van der Waals surface area contributed by atoms with E-state index in [2.05, 4.69) is 19.2 Å². The third-order valence-corrected chi connectivity index (χ3v) is 2.20. The van der Waals surface area contributed by atoms with Gasteiger partial charge in [-0.25, -0.2) is 0 Å². The monoisotopic (exact) mass is 258 g/mol. The summed E-state index contributed by atoms with van der Waals surface area (Å²) in [6.45, 7) is 10.8. The van der Waals surface area contributed by atoms with Gasteiger partial charge in [-0.1, -0.05) is 32.6 Å². The van der Waals surface area contributed by atoms with E-state index in [1.807, 2.05) is 20.3 Å². The second-order valence-corrected chi connectivity index (χ2v) is 3.85. The molecule has 1 aliphatic heterocycles. The van der Waals surface area contributed by atoms with Crippen LogP contribution in [-0.2, 0) is 32.7 Å². The molecule has 13 heavy (non-hydrogen) atoms. The molecule has 1 fully saturated rings. The van der Waals surface area contributed by atoms with E-state index in [1.54, 1.807) is 0 Å². The zero-order chi connectivity index (χ0) is 9.40. The fourth-order valence-electron chi connectivity index (χ4n) is 1.36. The van der Waals surface area contributed by atoms with Gasteiger partial charge < -0.3 is 11.7 Å². The maximum Gasteiger partial charge on any atom is 0 e. The third-order valence-electron chi connectivity index (χ3n) is 2.20. The van der Waals surface area contributed by atoms with Gasteiger partial charge in [0, 0.05) is 32.7 Å². The molecule has 0 aliphatic carbocycles. The summed E-state index contributed by atoms with van der Waals surface area (Å²) < 4.78 is 0. The Balaban J connectivity index is 0. The van der Waals surface area contributed by atoms with Crippen LogP contribution in [0.15, 0.2) is 0 Å². The number of nitrogens with zero attached hydrogens (tertiary/aromatic N) is 1. The topological polar surface area (TPSA) is 14.1 Å². The van der Waals surface area contributed by atoms with Crippen molar-refractivity contribution in [1.29, 1.82) is 0 Å². The molecule has 0 saturated carbocycles. The van der Waals surface area contributed by atoms with Crippen LogP contribution in [0.25, 0.3) is 5.32 Å². The summed E-state index contributed by atoms with van der Waals surface area (Å²) in [6, 6.07) is 0. The van der Waals surface area contributed by atoms with E-state index in [1.165, 1.54) is 12.8 Å². The van der Waals surface area contributed by atoms with Gasteiger partial charge in [-0.05, 0) is 5.92 Å². The Morgan fingerprint density at radius 3 is 2.08 bits per heavy atom. The number of hydrogen-bond donors (Lipinski definition) is 0. The molecule has 1 rings (SSSR count).